The van der Waals surface area contributed by atoms with E-state index in [1.54, 1.807) is 32.0 Å². The number of aliphatic carboxylic acids is 1. The highest BCUT2D eigenvalue weighted by Crippen LogP contribution is 2.30. The van der Waals surface area contributed by atoms with Gasteiger partial charge in [0.05, 0.1) is 31.1 Å². The predicted molar refractivity (Wildman–Crippen MR) is 102 cm³/mol. The molecule has 2 heterocycles. The fourth-order valence-corrected chi connectivity index (χ4v) is 3.06. The van der Waals surface area contributed by atoms with Gasteiger partial charge in [-0.2, -0.15) is 0 Å². The van der Waals surface area contributed by atoms with E-state index in [1.165, 1.54) is 4.90 Å². The summed E-state index contributed by atoms with van der Waals surface area (Å²) in [6.45, 7) is 6.07. The van der Waals surface area contributed by atoms with Crippen molar-refractivity contribution in [2.75, 3.05) is 13.1 Å². The van der Waals surface area contributed by atoms with Crippen molar-refractivity contribution >= 4 is 18.3 Å². The standard InChI is InChI=1S/C20H25N3O5/c1-20(2,3)28-19(26)22-12-15-16(11-17(22)18(24)25)23(10-9-21-15)27-13-14-7-5-4-6-8-14/h4-9,17H,10-13H2,1-3H3,(H,24,25). The number of hydrogen-bond donors (Lipinski definition) is 1. The second-order valence-corrected chi connectivity index (χ2v) is 7.69. The van der Waals surface area contributed by atoms with Crippen molar-refractivity contribution < 1.29 is 24.3 Å². The summed E-state index contributed by atoms with van der Waals surface area (Å²) >= 11 is 0. The van der Waals surface area contributed by atoms with Gasteiger partial charge in [0.2, 0.25) is 0 Å². The summed E-state index contributed by atoms with van der Waals surface area (Å²) in [7, 11) is 0. The topological polar surface area (TPSA) is 91.7 Å². The molecule has 0 aliphatic carbocycles. The molecule has 2 aliphatic heterocycles. The number of amides is 1. The van der Waals surface area contributed by atoms with Gasteiger partial charge in [0.25, 0.3) is 0 Å². The number of benzene rings is 1. The lowest BCUT2D eigenvalue weighted by Gasteiger charge is -2.39. The van der Waals surface area contributed by atoms with E-state index in [9.17, 15) is 14.7 Å². The summed E-state index contributed by atoms with van der Waals surface area (Å²) in [5.41, 5.74) is 1.59. The first-order valence-corrected chi connectivity index (χ1v) is 9.16. The molecule has 8 nitrogen and oxygen atoms in total. The van der Waals surface area contributed by atoms with E-state index in [4.69, 9.17) is 9.57 Å². The van der Waals surface area contributed by atoms with Crippen molar-refractivity contribution in [3.63, 3.8) is 0 Å². The van der Waals surface area contributed by atoms with Gasteiger partial charge < -0.3 is 9.84 Å². The van der Waals surface area contributed by atoms with Crippen LogP contribution in [0.25, 0.3) is 0 Å². The van der Waals surface area contributed by atoms with Crippen LogP contribution >= 0.6 is 0 Å². The molecule has 1 amide bonds. The Morgan fingerprint density at radius 2 is 1.96 bits per heavy atom. The molecule has 0 radical (unpaired) electrons. The maximum atomic E-state index is 12.5. The average Bonchev–Trinajstić information content (AvgIpc) is 2.64. The van der Waals surface area contributed by atoms with Crippen LogP contribution in [0.1, 0.15) is 32.8 Å². The second kappa shape index (κ2) is 8.02. The third-order valence-corrected chi connectivity index (χ3v) is 4.35. The number of aliphatic imine (C=N–C) groups is 1. The van der Waals surface area contributed by atoms with Crippen LogP contribution in [-0.2, 0) is 21.0 Å². The molecule has 1 unspecified atom stereocenters. The fraction of sp³-hybridized carbons (Fsp3) is 0.450. The highest BCUT2D eigenvalue weighted by molar-refractivity contribution is 5.81. The zero-order valence-electron chi connectivity index (χ0n) is 16.3. The van der Waals surface area contributed by atoms with Crippen LogP contribution in [-0.4, -0.2) is 58.1 Å². The number of carboxylic acids is 1. The van der Waals surface area contributed by atoms with Gasteiger partial charge in [0.1, 0.15) is 11.6 Å². The lowest BCUT2D eigenvalue weighted by atomic mass is 10.0. The highest BCUT2D eigenvalue weighted by atomic mass is 16.7. The predicted octanol–water partition coefficient (Wildman–Crippen LogP) is 2.81. The third-order valence-electron chi connectivity index (χ3n) is 4.35. The van der Waals surface area contributed by atoms with E-state index in [0.29, 0.717) is 24.5 Å². The monoisotopic (exact) mass is 387 g/mol. The molecule has 0 bridgehead atoms. The number of rotatable bonds is 4. The Hall–Kier alpha value is -2.87. The third kappa shape index (κ3) is 4.69. The first-order chi connectivity index (χ1) is 13.2. The second-order valence-electron chi connectivity index (χ2n) is 7.69. The van der Waals surface area contributed by atoms with Gasteiger partial charge in [0, 0.05) is 12.6 Å². The molecule has 0 saturated carbocycles. The van der Waals surface area contributed by atoms with Crippen LogP contribution in [0.5, 0.6) is 0 Å². The zero-order valence-corrected chi connectivity index (χ0v) is 16.3. The van der Waals surface area contributed by atoms with Gasteiger partial charge in [0.15, 0.2) is 0 Å². The summed E-state index contributed by atoms with van der Waals surface area (Å²) in [5.74, 6) is -1.09. The van der Waals surface area contributed by atoms with Gasteiger partial charge in [-0.3, -0.25) is 19.8 Å². The largest absolute Gasteiger partial charge is 0.480 e. The maximum Gasteiger partial charge on any atom is 0.411 e. The smallest absolute Gasteiger partial charge is 0.411 e. The van der Waals surface area contributed by atoms with E-state index >= 15 is 0 Å². The Balaban J connectivity index is 1.77. The molecule has 1 N–H and O–H groups in total. The van der Waals surface area contributed by atoms with E-state index in [0.717, 1.165) is 5.56 Å². The van der Waals surface area contributed by atoms with Crippen molar-refractivity contribution in [1.82, 2.24) is 9.96 Å². The van der Waals surface area contributed by atoms with Crippen LogP contribution in [0.3, 0.4) is 0 Å². The molecule has 1 aromatic carbocycles. The summed E-state index contributed by atoms with van der Waals surface area (Å²) < 4.78 is 5.37. The lowest BCUT2D eigenvalue weighted by Crippen LogP contribution is -2.52. The molecular formula is C20H25N3O5. The Morgan fingerprint density at radius 1 is 1.25 bits per heavy atom. The molecule has 150 valence electrons. The highest BCUT2D eigenvalue weighted by Gasteiger charge is 2.40. The summed E-state index contributed by atoms with van der Waals surface area (Å²) in [5, 5.41) is 11.3. The summed E-state index contributed by atoms with van der Waals surface area (Å²) in [6.07, 6.45) is 1.14. The number of hydroxylamine groups is 2. The number of carbonyl (C=O) groups is 2. The zero-order chi connectivity index (χ0) is 20.3. The first kappa shape index (κ1) is 19.9. The minimum Gasteiger partial charge on any atom is -0.480 e. The maximum absolute atomic E-state index is 12.5. The van der Waals surface area contributed by atoms with Gasteiger partial charge in [-0.05, 0) is 26.3 Å². The molecule has 0 saturated heterocycles. The van der Waals surface area contributed by atoms with Crippen molar-refractivity contribution in [2.45, 2.75) is 45.4 Å². The van der Waals surface area contributed by atoms with Crippen LogP contribution < -0.4 is 0 Å². The van der Waals surface area contributed by atoms with Crippen LogP contribution in [0.2, 0.25) is 0 Å². The molecule has 1 atom stereocenters. The molecule has 0 spiro atoms. The van der Waals surface area contributed by atoms with E-state index < -0.39 is 23.7 Å². The van der Waals surface area contributed by atoms with Crippen LogP contribution in [0.15, 0.2) is 46.7 Å². The number of hydrogen-bond acceptors (Lipinski definition) is 6. The van der Waals surface area contributed by atoms with Crippen molar-refractivity contribution in [2.24, 2.45) is 4.99 Å². The molecule has 28 heavy (non-hydrogen) atoms. The van der Waals surface area contributed by atoms with E-state index in [-0.39, 0.29) is 13.0 Å². The van der Waals surface area contributed by atoms with Crippen molar-refractivity contribution in [1.29, 1.82) is 0 Å². The Kier molecular flexibility index (Phi) is 5.69. The minimum absolute atomic E-state index is 0.0584. The van der Waals surface area contributed by atoms with Gasteiger partial charge in [-0.25, -0.2) is 9.59 Å². The van der Waals surface area contributed by atoms with E-state index in [2.05, 4.69) is 4.99 Å². The number of carbonyl (C=O) groups excluding carboxylic acids is 1. The van der Waals surface area contributed by atoms with Gasteiger partial charge in [-0.15, -0.1) is 0 Å². The molecule has 3 rings (SSSR count). The molecule has 1 aromatic rings. The van der Waals surface area contributed by atoms with Crippen LogP contribution in [0.4, 0.5) is 4.79 Å². The first-order valence-electron chi connectivity index (χ1n) is 9.16. The Morgan fingerprint density at radius 3 is 2.61 bits per heavy atom. The number of ether oxygens (including phenoxy) is 1. The molecule has 2 aliphatic rings. The Bertz CT molecular complexity index is 798. The molecule has 8 heteroatoms. The van der Waals surface area contributed by atoms with Gasteiger partial charge >= 0.3 is 12.1 Å². The molecule has 0 aromatic heterocycles. The normalized spacial score (nSPS) is 19.5. The number of nitrogens with zero attached hydrogens (tertiary/aromatic N) is 3. The van der Waals surface area contributed by atoms with Gasteiger partial charge in [-0.1, -0.05) is 30.3 Å². The Labute approximate surface area is 164 Å². The minimum atomic E-state index is -1.09. The quantitative estimate of drug-likeness (QED) is 0.854. The fourth-order valence-electron chi connectivity index (χ4n) is 3.06. The van der Waals surface area contributed by atoms with Crippen molar-refractivity contribution in [3.05, 3.63) is 47.3 Å². The molecular weight excluding hydrogens is 362 g/mol. The number of carboxylic acid groups (broad SMARTS) is 1. The lowest BCUT2D eigenvalue weighted by molar-refractivity contribution is -0.150. The summed E-state index contributed by atoms with van der Waals surface area (Å²) in [6, 6.07) is 8.67. The molecule has 0 fully saturated rings. The van der Waals surface area contributed by atoms with Crippen LogP contribution in [0, 0.1) is 0 Å². The van der Waals surface area contributed by atoms with Crippen molar-refractivity contribution in [3.8, 4) is 0 Å². The SMILES string of the molecule is CC(C)(C)OC(=O)N1CC2=C(CC1C(=O)O)N(OCc1ccccc1)CC=N2. The van der Waals surface area contributed by atoms with E-state index in [1.807, 2.05) is 30.3 Å². The average molecular weight is 387 g/mol. The summed E-state index contributed by atoms with van der Waals surface area (Å²) in [4.78, 5) is 35.8.